The number of nitrogens with zero attached hydrogens (tertiary/aromatic N) is 4. The molecule has 3 aromatic carbocycles. The number of amides is 2. The summed E-state index contributed by atoms with van der Waals surface area (Å²) < 4.78 is 14.9. The number of aromatic nitrogens is 2. The molecular weight excluding hydrogens is 431 g/mol. The van der Waals surface area contributed by atoms with E-state index in [1.807, 2.05) is 60.7 Å². The van der Waals surface area contributed by atoms with Crippen molar-refractivity contribution in [3.63, 3.8) is 0 Å². The van der Waals surface area contributed by atoms with Crippen LogP contribution in [0.4, 0.5) is 4.39 Å². The van der Waals surface area contributed by atoms with Gasteiger partial charge in [-0.05, 0) is 36.4 Å². The Morgan fingerprint density at radius 1 is 0.706 bits per heavy atom. The Kier molecular flexibility index (Phi) is 5.91. The Morgan fingerprint density at radius 2 is 1.26 bits per heavy atom. The molecule has 1 aromatic heterocycles. The van der Waals surface area contributed by atoms with Gasteiger partial charge in [-0.25, -0.2) is 9.07 Å². The summed E-state index contributed by atoms with van der Waals surface area (Å²) in [5.74, 6) is -0.652. The van der Waals surface area contributed by atoms with Crippen molar-refractivity contribution in [2.75, 3.05) is 26.2 Å². The summed E-state index contributed by atoms with van der Waals surface area (Å²) in [6.45, 7) is 1.65. The Morgan fingerprint density at radius 3 is 1.88 bits per heavy atom. The second-order valence-electron chi connectivity index (χ2n) is 8.13. The summed E-state index contributed by atoms with van der Waals surface area (Å²) in [5, 5.41) is 4.73. The molecule has 0 bridgehead atoms. The van der Waals surface area contributed by atoms with Crippen LogP contribution in [-0.2, 0) is 0 Å². The van der Waals surface area contributed by atoms with Gasteiger partial charge in [-0.3, -0.25) is 9.59 Å². The lowest BCUT2D eigenvalue weighted by molar-refractivity contribution is 0.0536. The molecule has 1 aliphatic heterocycles. The highest BCUT2D eigenvalue weighted by atomic mass is 19.1. The number of hydrogen-bond donors (Lipinski definition) is 0. The summed E-state index contributed by atoms with van der Waals surface area (Å²) in [5.41, 5.74) is 3.32. The van der Waals surface area contributed by atoms with Crippen LogP contribution >= 0.6 is 0 Å². The Balaban J connectivity index is 1.37. The zero-order valence-electron chi connectivity index (χ0n) is 18.5. The lowest BCUT2D eigenvalue weighted by Crippen LogP contribution is -2.50. The number of halogens is 1. The zero-order chi connectivity index (χ0) is 23.5. The Labute approximate surface area is 196 Å². The van der Waals surface area contributed by atoms with Gasteiger partial charge >= 0.3 is 0 Å². The summed E-state index contributed by atoms with van der Waals surface area (Å²) in [4.78, 5) is 29.7. The van der Waals surface area contributed by atoms with Crippen LogP contribution in [0.5, 0.6) is 0 Å². The molecular formula is C27H23FN4O2. The number of rotatable bonds is 4. The minimum Gasteiger partial charge on any atom is -0.335 e. The molecule has 2 amide bonds. The molecule has 0 spiro atoms. The van der Waals surface area contributed by atoms with Crippen molar-refractivity contribution in [1.29, 1.82) is 0 Å². The third kappa shape index (κ3) is 4.32. The van der Waals surface area contributed by atoms with E-state index in [1.165, 1.54) is 24.3 Å². The first-order valence-corrected chi connectivity index (χ1v) is 11.1. The molecule has 1 saturated heterocycles. The van der Waals surface area contributed by atoms with Crippen molar-refractivity contribution in [2.45, 2.75) is 0 Å². The number of piperazine rings is 1. The number of benzene rings is 3. The van der Waals surface area contributed by atoms with E-state index in [4.69, 9.17) is 5.10 Å². The largest absolute Gasteiger partial charge is 0.335 e. The van der Waals surface area contributed by atoms with Gasteiger partial charge in [0.05, 0.1) is 11.3 Å². The second-order valence-corrected chi connectivity index (χ2v) is 8.13. The average molecular weight is 455 g/mol. The topological polar surface area (TPSA) is 58.4 Å². The van der Waals surface area contributed by atoms with Crippen LogP contribution in [0, 0.1) is 5.82 Å². The Hall–Kier alpha value is -4.26. The van der Waals surface area contributed by atoms with Crippen molar-refractivity contribution in [2.24, 2.45) is 0 Å². The molecule has 0 radical (unpaired) electrons. The van der Waals surface area contributed by atoms with Crippen molar-refractivity contribution in [3.05, 3.63) is 108 Å². The number of carbonyl (C=O) groups excluding carboxylic acids is 2. The van der Waals surface area contributed by atoms with Gasteiger partial charge in [-0.15, -0.1) is 0 Å². The molecule has 34 heavy (non-hydrogen) atoms. The van der Waals surface area contributed by atoms with Gasteiger partial charge in [-0.1, -0.05) is 48.5 Å². The minimum absolute atomic E-state index is 0.116. The van der Waals surface area contributed by atoms with Gasteiger partial charge in [0.1, 0.15) is 11.5 Å². The highest BCUT2D eigenvalue weighted by molar-refractivity contribution is 6.00. The number of para-hydroxylation sites is 1. The molecule has 7 heteroatoms. The summed E-state index contributed by atoms with van der Waals surface area (Å²) in [6, 6.07) is 24.9. The molecule has 2 heterocycles. The first-order valence-electron chi connectivity index (χ1n) is 11.1. The van der Waals surface area contributed by atoms with E-state index in [2.05, 4.69) is 0 Å². The van der Waals surface area contributed by atoms with E-state index >= 15 is 0 Å². The molecule has 6 nitrogen and oxygen atoms in total. The smallest absolute Gasteiger partial charge is 0.257 e. The summed E-state index contributed by atoms with van der Waals surface area (Å²) >= 11 is 0. The van der Waals surface area contributed by atoms with Gasteiger partial charge in [0, 0.05) is 43.5 Å². The molecule has 4 aromatic rings. The monoisotopic (exact) mass is 454 g/mol. The molecule has 0 atom stereocenters. The Bertz CT molecular complexity index is 1300. The molecule has 170 valence electrons. The minimum atomic E-state index is -0.378. The van der Waals surface area contributed by atoms with Crippen LogP contribution in [0.25, 0.3) is 16.9 Å². The molecule has 0 saturated carbocycles. The maximum absolute atomic E-state index is 13.5. The maximum atomic E-state index is 13.5. The SMILES string of the molecule is O=C(c1ccc(F)cc1)N1CCN(C(=O)c2cn(-c3ccccc3)nc2-c2ccccc2)CC1. The van der Waals surface area contributed by atoms with Gasteiger partial charge in [0.25, 0.3) is 11.8 Å². The fraction of sp³-hybridized carbons (Fsp3) is 0.148. The maximum Gasteiger partial charge on any atom is 0.257 e. The van der Waals surface area contributed by atoms with Gasteiger partial charge < -0.3 is 9.80 Å². The molecule has 1 aliphatic rings. The van der Waals surface area contributed by atoms with Crippen molar-refractivity contribution >= 4 is 11.8 Å². The van der Waals surface area contributed by atoms with Crippen LogP contribution in [0.2, 0.25) is 0 Å². The summed E-state index contributed by atoms with van der Waals surface area (Å²) in [7, 11) is 0. The first kappa shape index (κ1) is 21.6. The van der Waals surface area contributed by atoms with Crippen molar-refractivity contribution in [3.8, 4) is 16.9 Å². The molecule has 0 aliphatic carbocycles. The summed E-state index contributed by atoms with van der Waals surface area (Å²) in [6.07, 6.45) is 1.77. The quantitative estimate of drug-likeness (QED) is 0.463. The van der Waals surface area contributed by atoms with Crippen LogP contribution in [0.3, 0.4) is 0 Å². The van der Waals surface area contributed by atoms with E-state index in [9.17, 15) is 14.0 Å². The van der Waals surface area contributed by atoms with Crippen molar-refractivity contribution < 1.29 is 14.0 Å². The fourth-order valence-electron chi connectivity index (χ4n) is 4.11. The van der Waals surface area contributed by atoms with Crippen LogP contribution < -0.4 is 0 Å². The lowest BCUT2D eigenvalue weighted by atomic mass is 10.1. The van der Waals surface area contributed by atoms with Gasteiger partial charge in [0.2, 0.25) is 0 Å². The molecule has 1 fully saturated rings. The zero-order valence-corrected chi connectivity index (χ0v) is 18.5. The molecule has 0 unspecified atom stereocenters. The van der Waals surface area contributed by atoms with E-state index in [-0.39, 0.29) is 17.6 Å². The average Bonchev–Trinajstić information content (AvgIpc) is 3.35. The standard InChI is InChI=1S/C27H23FN4O2/c28-22-13-11-21(12-14-22)26(33)30-15-17-31(18-16-30)27(34)24-19-32(23-9-5-2-6-10-23)29-25(24)20-7-3-1-4-8-20/h1-14,19H,15-18H2. The molecule has 0 N–H and O–H groups in total. The van der Waals surface area contributed by atoms with E-state index < -0.39 is 0 Å². The van der Waals surface area contributed by atoms with E-state index in [0.717, 1.165) is 11.3 Å². The normalized spacial score (nSPS) is 13.7. The second kappa shape index (κ2) is 9.31. The van der Waals surface area contributed by atoms with E-state index in [1.54, 1.807) is 20.7 Å². The first-order chi connectivity index (χ1) is 16.6. The van der Waals surface area contributed by atoms with Gasteiger partial charge in [-0.2, -0.15) is 5.10 Å². The number of hydrogen-bond acceptors (Lipinski definition) is 3. The lowest BCUT2D eigenvalue weighted by Gasteiger charge is -2.34. The fourth-order valence-corrected chi connectivity index (χ4v) is 4.11. The van der Waals surface area contributed by atoms with Crippen molar-refractivity contribution in [1.82, 2.24) is 19.6 Å². The molecule has 5 rings (SSSR count). The highest BCUT2D eigenvalue weighted by Crippen LogP contribution is 2.25. The highest BCUT2D eigenvalue weighted by Gasteiger charge is 2.28. The predicted octanol–water partition coefficient (Wildman–Crippen LogP) is 4.28. The van der Waals surface area contributed by atoms with Crippen LogP contribution in [-0.4, -0.2) is 57.6 Å². The number of carbonyl (C=O) groups is 2. The predicted molar refractivity (Wildman–Crippen MR) is 127 cm³/mol. The van der Waals surface area contributed by atoms with Crippen LogP contribution in [0.15, 0.2) is 91.1 Å². The van der Waals surface area contributed by atoms with Crippen LogP contribution in [0.1, 0.15) is 20.7 Å². The third-order valence-electron chi connectivity index (χ3n) is 5.96. The third-order valence-corrected chi connectivity index (χ3v) is 5.96. The van der Waals surface area contributed by atoms with Gasteiger partial charge in [0.15, 0.2) is 0 Å². The van der Waals surface area contributed by atoms with E-state index in [0.29, 0.717) is 43.0 Å².